The number of carbonyl (C=O) groups is 4. The standard InChI is InChI=1S/C10H15N3O6/c1-5-8(16)12-7(15)4-13(5)10(19)11-6(2-3-14)9(17)18/h5-6,14H,2-4H2,1H3,(H,11,19)(H,17,18)(H,12,15,16)/t5?,6-/m1/s1. The van der Waals surface area contributed by atoms with E-state index in [1.54, 1.807) is 0 Å². The first-order valence-corrected chi connectivity index (χ1v) is 5.61. The largest absolute Gasteiger partial charge is 0.480 e. The van der Waals surface area contributed by atoms with Gasteiger partial charge in [0.1, 0.15) is 18.6 Å². The molecule has 0 bridgehead atoms. The van der Waals surface area contributed by atoms with Crippen LogP contribution in [0, 0.1) is 0 Å². The molecule has 0 aliphatic carbocycles. The normalized spacial score (nSPS) is 20.7. The highest BCUT2D eigenvalue weighted by Crippen LogP contribution is 2.06. The molecule has 106 valence electrons. The van der Waals surface area contributed by atoms with Crippen molar-refractivity contribution in [2.45, 2.75) is 25.4 Å². The van der Waals surface area contributed by atoms with Crippen LogP contribution in [0.1, 0.15) is 13.3 Å². The molecule has 1 aliphatic heterocycles. The Balaban J connectivity index is 2.72. The first kappa shape index (κ1) is 14.9. The van der Waals surface area contributed by atoms with Gasteiger partial charge in [-0.15, -0.1) is 0 Å². The number of carboxylic acids is 1. The lowest BCUT2D eigenvalue weighted by Crippen LogP contribution is -2.62. The summed E-state index contributed by atoms with van der Waals surface area (Å²) in [7, 11) is 0. The third-order valence-electron chi connectivity index (χ3n) is 2.70. The Morgan fingerprint density at radius 3 is 2.68 bits per heavy atom. The van der Waals surface area contributed by atoms with Crippen molar-refractivity contribution in [1.29, 1.82) is 0 Å². The highest BCUT2D eigenvalue weighted by atomic mass is 16.4. The maximum absolute atomic E-state index is 11.8. The molecule has 1 fully saturated rings. The summed E-state index contributed by atoms with van der Waals surface area (Å²) in [6.07, 6.45) is -0.163. The summed E-state index contributed by atoms with van der Waals surface area (Å²) in [5.41, 5.74) is 0. The summed E-state index contributed by atoms with van der Waals surface area (Å²) in [5.74, 6) is -2.56. The van der Waals surface area contributed by atoms with Gasteiger partial charge in [0.15, 0.2) is 0 Å². The SMILES string of the molecule is CC1C(=O)NC(=O)CN1C(=O)N[C@H](CCO)C(=O)O. The number of nitrogens with zero attached hydrogens (tertiary/aromatic N) is 1. The average molecular weight is 273 g/mol. The van der Waals surface area contributed by atoms with Crippen LogP contribution in [0.5, 0.6) is 0 Å². The molecule has 1 aliphatic rings. The molecule has 1 heterocycles. The zero-order chi connectivity index (χ0) is 14.6. The summed E-state index contributed by atoms with van der Waals surface area (Å²) < 4.78 is 0. The Bertz CT molecular complexity index is 410. The average Bonchev–Trinajstić information content (AvgIpc) is 2.32. The second-order valence-corrected chi connectivity index (χ2v) is 4.07. The van der Waals surface area contributed by atoms with Crippen LogP contribution in [-0.2, 0) is 14.4 Å². The number of piperazine rings is 1. The van der Waals surface area contributed by atoms with Crippen molar-refractivity contribution in [3.8, 4) is 0 Å². The number of carboxylic acid groups (broad SMARTS) is 1. The number of aliphatic carboxylic acids is 1. The van der Waals surface area contributed by atoms with Gasteiger partial charge in [-0.2, -0.15) is 0 Å². The number of aliphatic hydroxyl groups excluding tert-OH is 1. The van der Waals surface area contributed by atoms with E-state index >= 15 is 0 Å². The zero-order valence-electron chi connectivity index (χ0n) is 10.3. The number of nitrogens with one attached hydrogen (secondary N) is 2. The summed E-state index contributed by atoms with van der Waals surface area (Å²) in [5, 5.41) is 21.7. The van der Waals surface area contributed by atoms with Crippen molar-refractivity contribution in [3.05, 3.63) is 0 Å². The molecule has 2 atom stereocenters. The Morgan fingerprint density at radius 2 is 2.16 bits per heavy atom. The number of hydrogen-bond acceptors (Lipinski definition) is 5. The molecular weight excluding hydrogens is 258 g/mol. The topological polar surface area (TPSA) is 136 Å². The molecule has 1 saturated heterocycles. The molecule has 9 nitrogen and oxygen atoms in total. The lowest BCUT2D eigenvalue weighted by atomic mass is 10.2. The van der Waals surface area contributed by atoms with Crippen LogP contribution >= 0.6 is 0 Å². The van der Waals surface area contributed by atoms with E-state index in [1.807, 2.05) is 0 Å². The van der Waals surface area contributed by atoms with Gasteiger partial charge >= 0.3 is 12.0 Å². The fraction of sp³-hybridized carbons (Fsp3) is 0.600. The van der Waals surface area contributed by atoms with Gasteiger partial charge in [-0.05, 0) is 6.92 Å². The van der Waals surface area contributed by atoms with E-state index in [9.17, 15) is 19.2 Å². The molecular formula is C10H15N3O6. The number of aliphatic hydroxyl groups is 1. The van der Waals surface area contributed by atoms with E-state index in [0.29, 0.717) is 0 Å². The highest BCUT2D eigenvalue weighted by Gasteiger charge is 2.34. The molecule has 0 aromatic rings. The third kappa shape index (κ3) is 3.65. The summed E-state index contributed by atoms with van der Waals surface area (Å²) in [6.45, 7) is 0.680. The summed E-state index contributed by atoms with van der Waals surface area (Å²) in [4.78, 5) is 46.1. The molecule has 0 saturated carbocycles. The van der Waals surface area contributed by atoms with Gasteiger partial charge < -0.3 is 20.4 Å². The van der Waals surface area contributed by atoms with Gasteiger partial charge in [-0.25, -0.2) is 9.59 Å². The van der Waals surface area contributed by atoms with Crippen molar-refractivity contribution >= 4 is 23.8 Å². The lowest BCUT2D eigenvalue weighted by Gasteiger charge is -2.32. The quantitative estimate of drug-likeness (QED) is 0.432. The van der Waals surface area contributed by atoms with Crippen LogP contribution in [0.4, 0.5) is 4.79 Å². The second-order valence-electron chi connectivity index (χ2n) is 4.07. The minimum Gasteiger partial charge on any atom is -0.480 e. The van der Waals surface area contributed by atoms with Gasteiger partial charge in [0.25, 0.3) is 0 Å². The Labute approximate surface area is 108 Å². The first-order valence-electron chi connectivity index (χ1n) is 5.61. The van der Waals surface area contributed by atoms with E-state index in [2.05, 4.69) is 10.6 Å². The van der Waals surface area contributed by atoms with E-state index in [4.69, 9.17) is 10.2 Å². The van der Waals surface area contributed by atoms with Crippen molar-refractivity contribution in [3.63, 3.8) is 0 Å². The van der Waals surface area contributed by atoms with E-state index in [-0.39, 0.29) is 13.0 Å². The molecule has 1 unspecified atom stereocenters. The molecule has 4 amide bonds. The minimum atomic E-state index is -1.30. The van der Waals surface area contributed by atoms with Crippen molar-refractivity contribution < 1.29 is 29.4 Å². The van der Waals surface area contributed by atoms with Crippen LogP contribution < -0.4 is 10.6 Å². The monoisotopic (exact) mass is 273 g/mol. The molecule has 19 heavy (non-hydrogen) atoms. The van der Waals surface area contributed by atoms with Gasteiger partial charge in [0, 0.05) is 13.0 Å². The van der Waals surface area contributed by atoms with Crippen LogP contribution in [0.25, 0.3) is 0 Å². The van der Waals surface area contributed by atoms with Crippen molar-refractivity contribution in [2.24, 2.45) is 0 Å². The van der Waals surface area contributed by atoms with E-state index < -0.39 is 42.5 Å². The maximum atomic E-state index is 11.8. The molecule has 4 N–H and O–H groups in total. The zero-order valence-corrected chi connectivity index (χ0v) is 10.3. The highest BCUT2D eigenvalue weighted by molar-refractivity contribution is 6.04. The predicted molar refractivity (Wildman–Crippen MR) is 61.0 cm³/mol. The summed E-state index contributed by atoms with van der Waals surface area (Å²) in [6, 6.07) is -2.98. The minimum absolute atomic E-state index is 0.163. The Morgan fingerprint density at radius 1 is 1.53 bits per heavy atom. The first-order chi connectivity index (χ1) is 8.86. The molecule has 0 spiro atoms. The van der Waals surface area contributed by atoms with Crippen molar-refractivity contribution in [1.82, 2.24) is 15.5 Å². The summed E-state index contributed by atoms with van der Waals surface area (Å²) >= 11 is 0. The number of imide groups is 1. The van der Waals surface area contributed by atoms with Gasteiger partial charge in [-0.3, -0.25) is 14.9 Å². The predicted octanol–water partition coefficient (Wildman–Crippen LogP) is -2.12. The smallest absolute Gasteiger partial charge is 0.326 e. The van der Waals surface area contributed by atoms with Crippen LogP contribution in [0.3, 0.4) is 0 Å². The Hall–Kier alpha value is -2.16. The van der Waals surface area contributed by atoms with Crippen LogP contribution in [-0.4, -0.2) is 64.2 Å². The molecule has 1 rings (SSSR count). The van der Waals surface area contributed by atoms with E-state index in [1.165, 1.54) is 6.92 Å². The number of amides is 4. The number of urea groups is 1. The van der Waals surface area contributed by atoms with Crippen LogP contribution in [0.2, 0.25) is 0 Å². The van der Waals surface area contributed by atoms with Gasteiger partial charge in [-0.1, -0.05) is 0 Å². The third-order valence-corrected chi connectivity index (χ3v) is 2.70. The molecule has 0 radical (unpaired) electrons. The fourth-order valence-electron chi connectivity index (χ4n) is 1.58. The fourth-order valence-corrected chi connectivity index (χ4v) is 1.58. The van der Waals surface area contributed by atoms with Crippen molar-refractivity contribution in [2.75, 3.05) is 13.2 Å². The number of rotatable bonds is 4. The van der Waals surface area contributed by atoms with E-state index in [0.717, 1.165) is 4.90 Å². The Kier molecular flexibility index (Phi) is 4.81. The number of carbonyl (C=O) groups excluding carboxylic acids is 3. The van der Waals surface area contributed by atoms with Gasteiger partial charge in [0.2, 0.25) is 11.8 Å². The number of hydrogen-bond donors (Lipinski definition) is 4. The molecule has 9 heteroatoms. The van der Waals surface area contributed by atoms with Crippen LogP contribution in [0.15, 0.2) is 0 Å². The molecule has 0 aromatic heterocycles. The lowest BCUT2D eigenvalue weighted by molar-refractivity contribution is -0.139. The second kappa shape index (κ2) is 6.14. The molecule has 0 aromatic carbocycles. The van der Waals surface area contributed by atoms with Gasteiger partial charge in [0.05, 0.1) is 0 Å². The maximum Gasteiger partial charge on any atom is 0.326 e.